The topological polar surface area (TPSA) is 29.5 Å². The van der Waals surface area contributed by atoms with Gasteiger partial charge in [-0.05, 0) is 36.1 Å². The van der Waals surface area contributed by atoms with E-state index in [0.717, 1.165) is 12.2 Å². The van der Waals surface area contributed by atoms with E-state index < -0.39 is 0 Å². The molecular formula is C16H26O2. The average Bonchev–Trinajstić information content (AvgIpc) is 2.33. The quantitative estimate of drug-likeness (QED) is 0.829. The molecule has 2 heteroatoms. The number of rotatable bonds is 2. The molecule has 0 bridgehead atoms. The van der Waals surface area contributed by atoms with Crippen molar-refractivity contribution in [2.45, 2.75) is 54.1 Å². The smallest absolute Gasteiger partial charge is 0.120 e. The van der Waals surface area contributed by atoms with E-state index in [0.29, 0.717) is 5.41 Å². The summed E-state index contributed by atoms with van der Waals surface area (Å²) in [6.07, 6.45) is 1.35. The van der Waals surface area contributed by atoms with E-state index in [1.54, 1.807) is 12.1 Å². The number of aromatic hydroxyl groups is 1. The maximum absolute atomic E-state index is 9.19. The van der Waals surface area contributed by atoms with Crippen LogP contribution in [0.3, 0.4) is 0 Å². The molecule has 1 N–H and O–H groups in total. The number of hydrogen-bond acceptors (Lipinski definition) is 2. The lowest BCUT2D eigenvalue weighted by molar-refractivity contribution is -0.137. The van der Waals surface area contributed by atoms with Gasteiger partial charge in [0.25, 0.3) is 0 Å². The normalized spacial score (nSPS) is 23.3. The molecule has 0 heterocycles. The summed E-state index contributed by atoms with van der Waals surface area (Å²) < 4.78 is 5.95. The van der Waals surface area contributed by atoms with Crippen LogP contribution in [0.4, 0.5) is 0 Å². The van der Waals surface area contributed by atoms with E-state index in [2.05, 4.69) is 27.7 Å². The Kier molecular flexibility index (Phi) is 4.31. The second-order valence-electron chi connectivity index (χ2n) is 5.91. The van der Waals surface area contributed by atoms with Gasteiger partial charge in [-0.3, -0.25) is 0 Å². The predicted molar refractivity (Wildman–Crippen MR) is 76.0 cm³/mol. The molecule has 0 aromatic heterocycles. The van der Waals surface area contributed by atoms with Gasteiger partial charge >= 0.3 is 0 Å². The molecule has 102 valence electrons. The monoisotopic (exact) mass is 250 g/mol. The van der Waals surface area contributed by atoms with Gasteiger partial charge in [0.2, 0.25) is 0 Å². The van der Waals surface area contributed by atoms with Gasteiger partial charge in [-0.1, -0.05) is 41.5 Å². The van der Waals surface area contributed by atoms with Crippen LogP contribution in [0.25, 0.3) is 0 Å². The first-order valence-corrected chi connectivity index (χ1v) is 6.79. The second-order valence-corrected chi connectivity index (χ2v) is 5.91. The van der Waals surface area contributed by atoms with Crippen LogP contribution in [0.15, 0.2) is 24.3 Å². The first-order valence-electron chi connectivity index (χ1n) is 6.79. The summed E-state index contributed by atoms with van der Waals surface area (Å²) in [5.74, 6) is 1.12. The average molecular weight is 250 g/mol. The maximum Gasteiger partial charge on any atom is 0.120 e. The van der Waals surface area contributed by atoms with Crippen molar-refractivity contribution in [3.05, 3.63) is 24.3 Å². The van der Waals surface area contributed by atoms with Gasteiger partial charge in [0.1, 0.15) is 17.6 Å². The van der Waals surface area contributed by atoms with Gasteiger partial charge in [0.15, 0.2) is 0 Å². The lowest BCUT2D eigenvalue weighted by Gasteiger charge is -2.57. The number of phenols is 1. The van der Waals surface area contributed by atoms with E-state index in [4.69, 9.17) is 4.74 Å². The fourth-order valence-corrected chi connectivity index (χ4v) is 2.16. The van der Waals surface area contributed by atoms with Crippen LogP contribution < -0.4 is 4.74 Å². The summed E-state index contributed by atoms with van der Waals surface area (Å²) in [5, 5.41) is 9.19. The van der Waals surface area contributed by atoms with Crippen molar-refractivity contribution in [3.63, 3.8) is 0 Å². The summed E-state index contributed by atoms with van der Waals surface area (Å²) in [6, 6.07) is 6.95. The lowest BCUT2D eigenvalue weighted by atomic mass is 9.51. The molecule has 1 unspecified atom stereocenters. The summed E-state index contributed by atoms with van der Waals surface area (Å²) in [5.41, 5.74) is 0.541. The third-order valence-corrected chi connectivity index (χ3v) is 4.36. The molecule has 2 rings (SSSR count). The van der Waals surface area contributed by atoms with Crippen molar-refractivity contribution in [1.29, 1.82) is 0 Å². The number of ether oxygens (including phenoxy) is 1. The Bertz CT molecular complexity index is 377. The van der Waals surface area contributed by atoms with Crippen molar-refractivity contribution < 1.29 is 9.84 Å². The molecule has 1 aromatic carbocycles. The van der Waals surface area contributed by atoms with Crippen LogP contribution in [0, 0.1) is 10.8 Å². The highest BCUT2D eigenvalue weighted by atomic mass is 16.5. The van der Waals surface area contributed by atoms with E-state index in [1.807, 2.05) is 26.0 Å². The van der Waals surface area contributed by atoms with E-state index in [9.17, 15) is 5.11 Å². The van der Waals surface area contributed by atoms with Crippen molar-refractivity contribution in [2.75, 3.05) is 0 Å². The van der Waals surface area contributed by atoms with Gasteiger partial charge in [-0.15, -0.1) is 0 Å². The van der Waals surface area contributed by atoms with Gasteiger partial charge < -0.3 is 9.84 Å². The Morgan fingerprint density at radius 2 is 1.56 bits per heavy atom. The van der Waals surface area contributed by atoms with Crippen LogP contribution in [0.5, 0.6) is 11.5 Å². The van der Waals surface area contributed by atoms with Gasteiger partial charge in [0, 0.05) is 5.41 Å². The molecule has 1 aromatic rings. The molecule has 1 aliphatic rings. The minimum absolute atomic E-state index is 0.199. The number of benzene rings is 1. The molecule has 0 amide bonds. The Balaban J connectivity index is 0.000000771. The largest absolute Gasteiger partial charge is 0.508 e. The van der Waals surface area contributed by atoms with Gasteiger partial charge in [0.05, 0.1) is 0 Å². The SMILES string of the molecule is CC.CC1(C)CC(Oc2ccc(O)cc2)C1(C)C. The summed E-state index contributed by atoms with van der Waals surface area (Å²) >= 11 is 0. The van der Waals surface area contributed by atoms with E-state index in [-0.39, 0.29) is 17.3 Å². The molecule has 0 spiro atoms. The summed E-state index contributed by atoms with van der Waals surface area (Å²) in [6.45, 7) is 13.1. The molecule has 0 radical (unpaired) electrons. The molecule has 1 fully saturated rings. The zero-order valence-corrected chi connectivity index (χ0v) is 12.4. The number of phenolic OH excluding ortho intramolecular Hbond substituents is 1. The Morgan fingerprint density at radius 1 is 1.06 bits per heavy atom. The zero-order chi connectivity index (χ0) is 14.0. The molecule has 1 aliphatic carbocycles. The standard InChI is InChI=1S/C14H20O2.C2H6/c1-13(2)9-12(14(13,3)4)16-11-7-5-10(15)6-8-11;1-2/h5-8,12,15H,9H2,1-4H3;1-2H3. The first-order chi connectivity index (χ1) is 8.33. The Morgan fingerprint density at radius 3 is 1.94 bits per heavy atom. The van der Waals surface area contributed by atoms with E-state index in [1.165, 1.54) is 0 Å². The van der Waals surface area contributed by atoms with Gasteiger partial charge in [-0.2, -0.15) is 0 Å². The lowest BCUT2D eigenvalue weighted by Crippen LogP contribution is -2.57. The molecule has 1 saturated carbocycles. The van der Waals surface area contributed by atoms with Crippen LogP contribution in [0.1, 0.15) is 48.0 Å². The van der Waals surface area contributed by atoms with Crippen LogP contribution >= 0.6 is 0 Å². The van der Waals surface area contributed by atoms with E-state index >= 15 is 0 Å². The minimum atomic E-state index is 0.199. The fraction of sp³-hybridized carbons (Fsp3) is 0.625. The highest BCUT2D eigenvalue weighted by Gasteiger charge is 2.55. The van der Waals surface area contributed by atoms with Crippen LogP contribution in [-0.2, 0) is 0 Å². The van der Waals surface area contributed by atoms with Gasteiger partial charge in [-0.25, -0.2) is 0 Å². The zero-order valence-electron chi connectivity index (χ0n) is 12.4. The van der Waals surface area contributed by atoms with Crippen molar-refractivity contribution >= 4 is 0 Å². The molecular weight excluding hydrogens is 224 g/mol. The first kappa shape index (κ1) is 14.9. The summed E-state index contributed by atoms with van der Waals surface area (Å²) in [7, 11) is 0. The molecule has 1 atom stereocenters. The molecule has 0 saturated heterocycles. The Hall–Kier alpha value is -1.18. The molecule has 2 nitrogen and oxygen atoms in total. The maximum atomic E-state index is 9.19. The van der Waals surface area contributed by atoms with Crippen LogP contribution in [-0.4, -0.2) is 11.2 Å². The van der Waals surface area contributed by atoms with Crippen LogP contribution in [0.2, 0.25) is 0 Å². The highest BCUT2D eigenvalue weighted by molar-refractivity contribution is 5.30. The minimum Gasteiger partial charge on any atom is -0.508 e. The Labute approximate surface area is 111 Å². The molecule has 0 aliphatic heterocycles. The third kappa shape index (κ3) is 2.63. The fourth-order valence-electron chi connectivity index (χ4n) is 2.16. The highest BCUT2D eigenvalue weighted by Crippen LogP contribution is 2.57. The predicted octanol–water partition coefficient (Wildman–Crippen LogP) is 4.62. The van der Waals surface area contributed by atoms with Crippen molar-refractivity contribution in [3.8, 4) is 11.5 Å². The van der Waals surface area contributed by atoms with Crippen molar-refractivity contribution in [1.82, 2.24) is 0 Å². The van der Waals surface area contributed by atoms with Crippen molar-refractivity contribution in [2.24, 2.45) is 10.8 Å². The molecule has 18 heavy (non-hydrogen) atoms. The number of hydrogen-bond donors (Lipinski definition) is 1. The third-order valence-electron chi connectivity index (χ3n) is 4.36. The second kappa shape index (κ2) is 5.21. The summed E-state index contributed by atoms with van der Waals surface area (Å²) in [4.78, 5) is 0.